The Morgan fingerprint density at radius 1 is 1.12 bits per heavy atom. The van der Waals surface area contributed by atoms with Crippen LogP contribution in [-0.4, -0.2) is 12.1 Å². The molecule has 0 aliphatic heterocycles. The van der Waals surface area contributed by atoms with Crippen LogP contribution < -0.4 is 10.1 Å². The van der Waals surface area contributed by atoms with Gasteiger partial charge in [-0.05, 0) is 38.8 Å². The van der Waals surface area contributed by atoms with Crippen LogP contribution in [0, 0.1) is 0 Å². The predicted octanol–water partition coefficient (Wildman–Crippen LogP) is 4.22. The summed E-state index contributed by atoms with van der Waals surface area (Å²) in [5.41, 5.74) is 1.15. The molecule has 0 heterocycles. The summed E-state index contributed by atoms with van der Waals surface area (Å²) in [5.74, 6) is 0.980. The third-order valence-electron chi connectivity index (χ3n) is 3.21. The molecule has 2 heteroatoms. The summed E-state index contributed by atoms with van der Waals surface area (Å²) in [6, 6.07) is 8.89. The molecule has 1 aliphatic rings. The molecule has 1 N–H and O–H groups in total. The Morgan fingerprint density at radius 2 is 1.82 bits per heavy atom. The fourth-order valence-electron chi connectivity index (χ4n) is 2.41. The van der Waals surface area contributed by atoms with Crippen molar-refractivity contribution >= 4 is 5.69 Å². The summed E-state index contributed by atoms with van der Waals surface area (Å²) in [7, 11) is 0. The van der Waals surface area contributed by atoms with E-state index in [2.05, 4.69) is 31.3 Å². The van der Waals surface area contributed by atoms with Crippen molar-refractivity contribution in [3.8, 4) is 5.75 Å². The molecule has 0 amide bonds. The molecule has 2 rings (SSSR count). The standard InChI is InChI=1S/C15H23NO/c1-12(2)17-15-11-7-6-10-14(15)16-13-8-4-3-5-9-13/h6-7,10-13,16H,3-5,8-9H2,1-2H3. The van der Waals surface area contributed by atoms with Gasteiger partial charge in [0, 0.05) is 6.04 Å². The molecule has 0 atom stereocenters. The molecule has 0 saturated heterocycles. The van der Waals surface area contributed by atoms with E-state index in [1.807, 2.05) is 12.1 Å². The lowest BCUT2D eigenvalue weighted by Crippen LogP contribution is -2.22. The SMILES string of the molecule is CC(C)Oc1ccccc1NC1CCCCC1. The molecular formula is C15H23NO. The molecule has 1 aliphatic carbocycles. The van der Waals surface area contributed by atoms with Crippen molar-refractivity contribution in [2.24, 2.45) is 0 Å². The Bertz CT molecular complexity index is 343. The highest BCUT2D eigenvalue weighted by Crippen LogP contribution is 2.28. The molecule has 0 radical (unpaired) electrons. The second-order valence-corrected chi connectivity index (χ2v) is 5.14. The molecule has 1 saturated carbocycles. The number of para-hydroxylation sites is 2. The van der Waals surface area contributed by atoms with Crippen LogP contribution in [0.5, 0.6) is 5.75 Å². The van der Waals surface area contributed by atoms with Gasteiger partial charge in [-0.25, -0.2) is 0 Å². The van der Waals surface area contributed by atoms with Gasteiger partial charge in [0.1, 0.15) is 5.75 Å². The topological polar surface area (TPSA) is 21.3 Å². The molecule has 0 spiro atoms. The lowest BCUT2D eigenvalue weighted by molar-refractivity contribution is 0.243. The Hall–Kier alpha value is -1.18. The van der Waals surface area contributed by atoms with Crippen LogP contribution in [0.1, 0.15) is 46.0 Å². The number of anilines is 1. The second kappa shape index (κ2) is 5.95. The van der Waals surface area contributed by atoms with Gasteiger partial charge < -0.3 is 10.1 Å². The van der Waals surface area contributed by atoms with E-state index in [0.29, 0.717) is 6.04 Å². The molecule has 0 aromatic heterocycles. The molecule has 94 valence electrons. The van der Waals surface area contributed by atoms with Gasteiger partial charge in [0.15, 0.2) is 0 Å². The van der Waals surface area contributed by atoms with Gasteiger partial charge in [0.05, 0.1) is 11.8 Å². The van der Waals surface area contributed by atoms with Crippen molar-refractivity contribution in [2.75, 3.05) is 5.32 Å². The zero-order valence-corrected chi connectivity index (χ0v) is 10.9. The molecule has 1 aromatic carbocycles. The minimum absolute atomic E-state index is 0.226. The summed E-state index contributed by atoms with van der Waals surface area (Å²) >= 11 is 0. The van der Waals surface area contributed by atoms with Gasteiger partial charge in [-0.1, -0.05) is 31.4 Å². The first kappa shape index (κ1) is 12.3. The van der Waals surface area contributed by atoms with Gasteiger partial charge in [0.2, 0.25) is 0 Å². The van der Waals surface area contributed by atoms with Gasteiger partial charge in [-0.3, -0.25) is 0 Å². The van der Waals surface area contributed by atoms with Gasteiger partial charge in [0.25, 0.3) is 0 Å². The Morgan fingerprint density at radius 3 is 2.53 bits per heavy atom. The van der Waals surface area contributed by atoms with E-state index in [4.69, 9.17) is 4.74 Å². The number of hydrogen-bond acceptors (Lipinski definition) is 2. The van der Waals surface area contributed by atoms with Crippen molar-refractivity contribution in [3.05, 3.63) is 24.3 Å². The molecule has 0 bridgehead atoms. The average Bonchev–Trinajstić information content (AvgIpc) is 2.32. The third kappa shape index (κ3) is 3.65. The van der Waals surface area contributed by atoms with Gasteiger partial charge >= 0.3 is 0 Å². The lowest BCUT2D eigenvalue weighted by atomic mass is 9.95. The van der Waals surface area contributed by atoms with E-state index in [9.17, 15) is 0 Å². The summed E-state index contributed by atoms with van der Waals surface area (Å²) in [4.78, 5) is 0. The smallest absolute Gasteiger partial charge is 0.142 e. The van der Waals surface area contributed by atoms with Crippen molar-refractivity contribution < 1.29 is 4.74 Å². The maximum atomic E-state index is 5.82. The van der Waals surface area contributed by atoms with E-state index in [-0.39, 0.29) is 6.10 Å². The maximum absolute atomic E-state index is 5.82. The quantitative estimate of drug-likeness (QED) is 0.840. The Kier molecular flexibility index (Phi) is 4.29. The van der Waals surface area contributed by atoms with Crippen molar-refractivity contribution in [3.63, 3.8) is 0 Å². The van der Waals surface area contributed by atoms with Gasteiger partial charge in [-0.15, -0.1) is 0 Å². The lowest BCUT2D eigenvalue weighted by Gasteiger charge is -2.25. The van der Waals surface area contributed by atoms with Gasteiger partial charge in [-0.2, -0.15) is 0 Å². The minimum atomic E-state index is 0.226. The first-order chi connectivity index (χ1) is 8.25. The molecular weight excluding hydrogens is 210 g/mol. The molecule has 1 fully saturated rings. The van der Waals surface area contributed by atoms with Crippen molar-refractivity contribution in [1.82, 2.24) is 0 Å². The predicted molar refractivity (Wildman–Crippen MR) is 72.7 cm³/mol. The fraction of sp³-hybridized carbons (Fsp3) is 0.600. The molecule has 2 nitrogen and oxygen atoms in total. The average molecular weight is 233 g/mol. The van der Waals surface area contributed by atoms with E-state index < -0.39 is 0 Å². The monoisotopic (exact) mass is 233 g/mol. The molecule has 17 heavy (non-hydrogen) atoms. The van der Waals surface area contributed by atoms with Crippen molar-refractivity contribution in [2.45, 2.75) is 58.1 Å². The summed E-state index contributed by atoms with van der Waals surface area (Å²) in [5, 5.41) is 3.63. The number of benzene rings is 1. The summed E-state index contributed by atoms with van der Waals surface area (Å²) in [6.45, 7) is 4.13. The van der Waals surface area contributed by atoms with Crippen LogP contribution in [0.15, 0.2) is 24.3 Å². The number of nitrogens with one attached hydrogen (secondary N) is 1. The molecule has 1 aromatic rings. The van der Waals surface area contributed by atoms with E-state index >= 15 is 0 Å². The highest BCUT2D eigenvalue weighted by atomic mass is 16.5. The molecule has 0 unspecified atom stereocenters. The van der Waals surface area contributed by atoms with Crippen LogP contribution in [0.25, 0.3) is 0 Å². The highest BCUT2D eigenvalue weighted by Gasteiger charge is 2.14. The van der Waals surface area contributed by atoms with Crippen LogP contribution in [0.4, 0.5) is 5.69 Å². The number of ether oxygens (including phenoxy) is 1. The first-order valence-corrected chi connectivity index (χ1v) is 6.78. The first-order valence-electron chi connectivity index (χ1n) is 6.78. The summed E-state index contributed by atoms with van der Waals surface area (Å²) in [6.07, 6.45) is 6.90. The van der Waals surface area contributed by atoms with Crippen LogP contribution in [0.2, 0.25) is 0 Å². The van der Waals surface area contributed by atoms with Crippen LogP contribution >= 0.6 is 0 Å². The largest absolute Gasteiger partial charge is 0.489 e. The normalized spacial score (nSPS) is 17.1. The number of rotatable bonds is 4. The van der Waals surface area contributed by atoms with Crippen molar-refractivity contribution in [1.29, 1.82) is 0 Å². The van der Waals surface area contributed by atoms with Crippen LogP contribution in [-0.2, 0) is 0 Å². The Balaban J connectivity index is 2.03. The Labute approximate surface area is 104 Å². The summed E-state index contributed by atoms with van der Waals surface area (Å²) < 4.78 is 5.82. The van der Waals surface area contributed by atoms with Crippen LogP contribution in [0.3, 0.4) is 0 Å². The minimum Gasteiger partial charge on any atom is -0.489 e. The zero-order chi connectivity index (χ0) is 12.1. The fourth-order valence-corrected chi connectivity index (χ4v) is 2.41. The highest BCUT2D eigenvalue weighted by molar-refractivity contribution is 5.56. The third-order valence-corrected chi connectivity index (χ3v) is 3.21. The zero-order valence-electron chi connectivity index (χ0n) is 10.9. The van der Waals surface area contributed by atoms with E-state index in [1.54, 1.807) is 0 Å². The maximum Gasteiger partial charge on any atom is 0.142 e. The van der Waals surface area contributed by atoms with E-state index in [1.165, 1.54) is 32.1 Å². The number of hydrogen-bond donors (Lipinski definition) is 1. The second-order valence-electron chi connectivity index (χ2n) is 5.14. The van der Waals surface area contributed by atoms with E-state index in [0.717, 1.165) is 11.4 Å².